The molecule has 2 N–H and O–H groups in total. The van der Waals surface area contributed by atoms with Crippen LogP contribution < -0.4 is 5.73 Å². The summed E-state index contributed by atoms with van der Waals surface area (Å²) in [6, 6.07) is 13.3. The monoisotopic (exact) mass is 419 g/mol. The average Bonchev–Trinajstić information content (AvgIpc) is 3.02. The van der Waals surface area contributed by atoms with E-state index in [2.05, 4.69) is 4.98 Å². The van der Waals surface area contributed by atoms with Crippen LogP contribution in [-0.2, 0) is 6.54 Å². The minimum Gasteiger partial charge on any atom is -0.383 e. The van der Waals surface area contributed by atoms with E-state index in [-0.39, 0.29) is 34.3 Å². The molecule has 0 saturated carbocycles. The number of aromatic nitrogens is 2. The third-order valence-corrected chi connectivity index (χ3v) is 5.72. The van der Waals surface area contributed by atoms with Crippen LogP contribution in [0.1, 0.15) is 38.4 Å². The molecule has 0 aliphatic heterocycles. The SMILES string of the molecule is Cc1cc(C(=O)CSc2nc(N)c(C#N)cc2C#N)c(C)n1Cc1ccc(F)cc1. The van der Waals surface area contributed by atoms with Gasteiger partial charge in [0.15, 0.2) is 5.78 Å². The van der Waals surface area contributed by atoms with Crippen LogP contribution in [-0.4, -0.2) is 21.1 Å². The highest BCUT2D eigenvalue weighted by molar-refractivity contribution is 8.00. The van der Waals surface area contributed by atoms with Crippen molar-refractivity contribution in [3.05, 3.63) is 75.9 Å². The predicted octanol–water partition coefficient (Wildman–Crippen LogP) is 3.99. The van der Waals surface area contributed by atoms with E-state index in [0.717, 1.165) is 28.7 Å². The molecule has 3 aromatic rings. The molecule has 0 unspecified atom stereocenters. The first-order valence-corrected chi connectivity index (χ1v) is 10.0. The number of hydrogen-bond acceptors (Lipinski definition) is 6. The van der Waals surface area contributed by atoms with Gasteiger partial charge in [-0.3, -0.25) is 4.79 Å². The van der Waals surface area contributed by atoms with E-state index in [1.54, 1.807) is 12.1 Å². The van der Waals surface area contributed by atoms with E-state index in [1.807, 2.05) is 36.6 Å². The number of Topliss-reactive ketones (excluding diaryl/α,β-unsaturated/α-hetero) is 1. The van der Waals surface area contributed by atoms with Crippen molar-refractivity contribution < 1.29 is 9.18 Å². The third-order valence-electron chi connectivity index (χ3n) is 4.73. The molecule has 0 aliphatic carbocycles. The Balaban J connectivity index is 1.79. The predicted molar refractivity (Wildman–Crippen MR) is 113 cm³/mol. The summed E-state index contributed by atoms with van der Waals surface area (Å²) in [6.07, 6.45) is 0. The summed E-state index contributed by atoms with van der Waals surface area (Å²) in [4.78, 5) is 16.9. The summed E-state index contributed by atoms with van der Waals surface area (Å²) >= 11 is 1.11. The number of thioether (sulfide) groups is 1. The van der Waals surface area contributed by atoms with Gasteiger partial charge in [-0.15, -0.1) is 0 Å². The Morgan fingerprint density at radius 2 is 1.83 bits per heavy atom. The second-order valence-corrected chi connectivity index (χ2v) is 7.67. The van der Waals surface area contributed by atoms with Crippen LogP contribution in [0.15, 0.2) is 41.4 Å². The lowest BCUT2D eigenvalue weighted by molar-refractivity contribution is 0.102. The van der Waals surface area contributed by atoms with E-state index in [9.17, 15) is 14.4 Å². The lowest BCUT2D eigenvalue weighted by atomic mass is 10.2. The number of hydrogen-bond donors (Lipinski definition) is 1. The number of halogens is 1. The maximum atomic E-state index is 13.1. The first kappa shape index (κ1) is 21.1. The topological polar surface area (TPSA) is 108 Å². The molecule has 8 heteroatoms. The Labute approximate surface area is 177 Å². The van der Waals surface area contributed by atoms with Crippen LogP contribution in [0.4, 0.5) is 10.2 Å². The van der Waals surface area contributed by atoms with Gasteiger partial charge in [0.25, 0.3) is 0 Å². The Morgan fingerprint density at radius 1 is 1.17 bits per heavy atom. The van der Waals surface area contributed by atoms with Gasteiger partial charge in [0.1, 0.15) is 28.8 Å². The van der Waals surface area contributed by atoms with Gasteiger partial charge in [-0.25, -0.2) is 9.37 Å². The Bertz CT molecular complexity index is 1200. The number of aryl methyl sites for hydroxylation is 1. The first-order valence-electron chi connectivity index (χ1n) is 9.02. The minimum atomic E-state index is -0.290. The fraction of sp³-hybridized carbons (Fsp3) is 0.182. The highest BCUT2D eigenvalue weighted by Gasteiger charge is 2.18. The molecule has 2 aromatic heterocycles. The summed E-state index contributed by atoms with van der Waals surface area (Å²) in [5.41, 5.74) is 9.33. The average molecular weight is 419 g/mol. The van der Waals surface area contributed by atoms with E-state index < -0.39 is 0 Å². The van der Waals surface area contributed by atoms with E-state index >= 15 is 0 Å². The molecule has 2 heterocycles. The van der Waals surface area contributed by atoms with Crippen LogP contribution in [0, 0.1) is 42.3 Å². The van der Waals surface area contributed by atoms with Crippen molar-refractivity contribution in [1.29, 1.82) is 10.5 Å². The number of carbonyl (C=O) groups excluding carboxylic acids is 1. The number of anilines is 1. The number of benzene rings is 1. The zero-order valence-corrected chi connectivity index (χ0v) is 17.3. The molecular formula is C22H18FN5OS. The van der Waals surface area contributed by atoms with Crippen molar-refractivity contribution in [3.8, 4) is 12.1 Å². The van der Waals surface area contributed by atoms with E-state index in [1.165, 1.54) is 18.2 Å². The van der Waals surface area contributed by atoms with Crippen LogP contribution in [0.3, 0.4) is 0 Å². The van der Waals surface area contributed by atoms with Gasteiger partial charge in [0, 0.05) is 23.5 Å². The Kier molecular flexibility index (Phi) is 6.20. The molecule has 150 valence electrons. The zero-order valence-electron chi connectivity index (χ0n) is 16.4. The van der Waals surface area contributed by atoms with Crippen LogP contribution in [0.2, 0.25) is 0 Å². The van der Waals surface area contributed by atoms with Gasteiger partial charge in [-0.1, -0.05) is 23.9 Å². The molecule has 0 atom stereocenters. The van der Waals surface area contributed by atoms with Crippen molar-refractivity contribution in [1.82, 2.24) is 9.55 Å². The largest absolute Gasteiger partial charge is 0.383 e. The lowest BCUT2D eigenvalue weighted by Crippen LogP contribution is -2.08. The van der Waals surface area contributed by atoms with Gasteiger partial charge >= 0.3 is 0 Å². The maximum Gasteiger partial charge on any atom is 0.174 e. The van der Waals surface area contributed by atoms with Gasteiger partial charge in [0.05, 0.1) is 16.9 Å². The lowest BCUT2D eigenvalue weighted by Gasteiger charge is -2.10. The van der Waals surface area contributed by atoms with Crippen LogP contribution >= 0.6 is 11.8 Å². The number of nitrogens with zero attached hydrogens (tertiary/aromatic N) is 4. The third kappa shape index (κ3) is 4.35. The second-order valence-electron chi connectivity index (χ2n) is 6.71. The molecule has 6 nitrogen and oxygen atoms in total. The summed E-state index contributed by atoms with van der Waals surface area (Å²) in [5, 5.41) is 18.6. The minimum absolute atomic E-state index is 0.0314. The standard InChI is InChI=1S/C22H18FN5OS/c1-13-7-19(14(2)28(13)11-15-3-5-18(23)6-4-15)20(29)12-30-22-17(10-25)8-16(9-24)21(26)27-22/h3-8H,11-12H2,1-2H3,(H2,26,27). The normalized spacial score (nSPS) is 10.4. The van der Waals surface area contributed by atoms with Crippen molar-refractivity contribution >= 4 is 23.4 Å². The molecule has 0 aliphatic rings. The van der Waals surface area contributed by atoms with Crippen molar-refractivity contribution in [2.75, 3.05) is 11.5 Å². The fourth-order valence-electron chi connectivity index (χ4n) is 3.10. The molecule has 30 heavy (non-hydrogen) atoms. The van der Waals surface area contributed by atoms with Crippen LogP contribution in [0.25, 0.3) is 0 Å². The zero-order chi connectivity index (χ0) is 21.8. The van der Waals surface area contributed by atoms with Gasteiger partial charge in [0.2, 0.25) is 0 Å². The Hall–Kier alpha value is -3.62. The van der Waals surface area contributed by atoms with Gasteiger partial charge < -0.3 is 10.3 Å². The van der Waals surface area contributed by atoms with Crippen molar-refractivity contribution in [2.24, 2.45) is 0 Å². The molecule has 3 rings (SSSR count). The molecule has 0 fully saturated rings. The smallest absolute Gasteiger partial charge is 0.174 e. The number of nitrogens with two attached hydrogens (primary N) is 1. The molecule has 0 spiro atoms. The van der Waals surface area contributed by atoms with Crippen LogP contribution in [0.5, 0.6) is 0 Å². The fourth-order valence-corrected chi connectivity index (χ4v) is 3.95. The number of nitrogen functional groups attached to an aromatic ring is 1. The number of nitriles is 2. The molecule has 0 bridgehead atoms. The summed E-state index contributed by atoms with van der Waals surface area (Å²) in [7, 11) is 0. The van der Waals surface area contributed by atoms with Crippen molar-refractivity contribution in [3.63, 3.8) is 0 Å². The van der Waals surface area contributed by atoms with Gasteiger partial charge in [-0.05, 0) is 43.7 Å². The van der Waals surface area contributed by atoms with Gasteiger partial charge in [-0.2, -0.15) is 10.5 Å². The summed E-state index contributed by atoms with van der Waals surface area (Å²) in [5.74, 6) is -0.286. The highest BCUT2D eigenvalue weighted by atomic mass is 32.2. The summed E-state index contributed by atoms with van der Waals surface area (Å²) < 4.78 is 15.1. The number of ketones is 1. The summed E-state index contributed by atoms with van der Waals surface area (Å²) in [6.45, 7) is 4.31. The maximum absolute atomic E-state index is 13.1. The molecular weight excluding hydrogens is 401 g/mol. The molecule has 0 amide bonds. The van der Waals surface area contributed by atoms with E-state index in [4.69, 9.17) is 11.0 Å². The van der Waals surface area contributed by atoms with Crippen molar-refractivity contribution in [2.45, 2.75) is 25.4 Å². The first-order chi connectivity index (χ1) is 14.3. The molecule has 1 aromatic carbocycles. The molecule has 0 saturated heterocycles. The number of carbonyl (C=O) groups is 1. The molecule has 0 radical (unpaired) electrons. The highest BCUT2D eigenvalue weighted by Crippen LogP contribution is 2.26. The Morgan fingerprint density at radius 3 is 2.47 bits per heavy atom. The number of rotatable bonds is 6. The second kappa shape index (κ2) is 8.81. The number of pyridine rings is 1. The quantitative estimate of drug-likeness (QED) is 0.478. The van der Waals surface area contributed by atoms with E-state index in [0.29, 0.717) is 17.1 Å².